The molecule has 1 N–H and O–H groups in total. The Kier molecular flexibility index (Phi) is 44.4. The zero-order valence-electron chi connectivity index (χ0n) is 38.5. The lowest BCUT2D eigenvalue weighted by atomic mass is 10.0. The van der Waals surface area contributed by atoms with Crippen molar-refractivity contribution in [3.8, 4) is 0 Å². The lowest BCUT2D eigenvalue weighted by Crippen LogP contribution is -2.29. The summed E-state index contributed by atoms with van der Waals surface area (Å²) < 4.78 is 32.8. The second-order valence-electron chi connectivity index (χ2n) is 16.8. The van der Waals surface area contributed by atoms with Crippen LogP contribution in [-0.4, -0.2) is 42.8 Å². The highest BCUT2D eigenvalue weighted by molar-refractivity contribution is 7.47. The van der Waals surface area contributed by atoms with Crippen LogP contribution in [0, 0.1) is 0 Å². The summed E-state index contributed by atoms with van der Waals surface area (Å²) >= 11 is 0. The Morgan fingerprint density at radius 1 is 0.448 bits per heavy atom. The maximum Gasteiger partial charge on any atom is 0.472 e. The summed E-state index contributed by atoms with van der Waals surface area (Å²) in [6.07, 6.45) is 49.9. The fraction of sp³-hybridized carbons (Fsp3) is 0.918. The monoisotopic (exact) mass is 843 g/mol. The van der Waals surface area contributed by atoms with Gasteiger partial charge in [0.2, 0.25) is 0 Å². The van der Waals surface area contributed by atoms with Gasteiger partial charge in [0.05, 0.1) is 13.2 Å². The van der Waals surface area contributed by atoms with Crippen LogP contribution in [0.5, 0.6) is 0 Å². The van der Waals surface area contributed by atoms with E-state index in [1.54, 1.807) is 6.92 Å². The van der Waals surface area contributed by atoms with Crippen molar-refractivity contribution in [2.45, 2.75) is 271 Å². The normalized spacial score (nSPS) is 13.2. The van der Waals surface area contributed by atoms with Crippen molar-refractivity contribution >= 4 is 19.8 Å². The van der Waals surface area contributed by atoms with E-state index in [9.17, 15) is 19.0 Å². The van der Waals surface area contributed by atoms with E-state index in [0.717, 1.165) is 44.9 Å². The summed E-state index contributed by atoms with van der Waals surface area (Å²) in [6.45, 7) is 5.52. The van der Waals surface area contributed by atoms with E-state index in [4.69, 9.17) is 18.5 Å². The van der Waals surface area contributed by atoms with Gasteiger partial charge < -0.3 is 14.4 Å². The van der Waals surface area contributed by atoms with Crippen LogP contribution in [0.15, 0.2) is 12.2 Å². The number of allylic oxidation sites excluding steroid dienone is 2. The van der Waals surface area contributed by atoms with Crippen LogP contribution in [0.3, 0.4) is 0 Å². The number of esters is 2. The SMILES string of the molecule is CCCCCCCC/C=C\CCCCCCCCCC(=O)OC(COC(=O)CCCCCCCCCCCCCCCCCCCCCCC)COP(=O)(O)OCC. The molecule has 344 valence electrons. The third-order valence-electron chi connectivity index (χ3n) is 11.1. The number of rotatable bonds is 47. The zero-order chi connectivity index (χ0) is 42.5. The van der Waals surface area contributed by atoms with Crippen LogP contribution in [0.1, 0.15) is 265 Å². The summed E-state index contributed by atoms with van der Waals surface area (Å²) in [6, 6.07) is 0. The fourth-order valence-electron chi connectivity index (χ4n) is 7.39. The van der Waals surface area contributed by atoms with E-state index in [1.807, 2.05) is 0 Å². The molecule has 0 fully saturated rings. The van der Waals surface area contributed by atoms with Crippen molar-refractivity contribution in [3.05, 3.63) is 12.2 Å². The minimum Gasteiger partial charge on any atom is -0.462 e. The molecule has 0 saturated carbocycles. The first-order valence-electron chi connectivity index (χ1n) is 25.0. The van der Waals surface area contributed by atoms with E-state index < -0.39 is 19.9 Å². The summed E-state index contributed by atoms with van der Waals surface area (Å²) in [5.74, 6) is -0.786. The molecule has 2 unspecified atom stereocenters. The Bertz CT molecular complexity index is 957. The maximum absolute atomic E-state index is 12.6. The second-order valence-corrected chi connectivity index (χ2v) is 18.3. The minimum absolute atomic E-state index is 0.00306. The first-order valence-corrected chi connectivity index (χ1v) is 26.5. The van der Waals surface area contributed by atoms with Crippen LogP contribution in [-0.2, 0) is 32.7 Å². The van der Waals surface area contributed by atoms with Crippen molar-refractivity contribution in [1.82, 2.24) is 0 Å². The van der Waals surface area contributed by atoms with Gasteiger partial charge in [-0.2, -0.15) is 0 Å². The summed E-state index contributed by atoms with van der Waals surface area (Å²) in [5.41, 5.74) is 0. The molecule has 0 rings (SSSR count). The average Bonchev–Trinajstić information content (AvgIpc) is 3.20. The molecule has 0 bridgehead atoms. The molecular weight excluding hydrogens is 748 g/mol. The lowest BCUT2D eigenvalue weighted by Gasteiger charge is -2.19. The highest BCUT2D eigenvalue weighted by atomic mass is 31.2. The van der Waals surface area contributed by atoms with Gasteiger partial charge in [0.25, 0.3) is 0 Å². The maximum atomic E-state index is 12.6. The van der Waals surface area contributed by atoms with Gasteiger partial charge in [0, 0.05) is 12.8 Å². The molecule has 0 aromatic heterocycles. The number of ether oxygens (including phenoxy) is 2. The first kappa shape index (κ1) is 56.8. The third kappa shape index (κ3) is 44.3. The molecule has 0 aliphatic rings. The van der Waals surface area contributed by atoms with Crippen LogP contribution < -0.4 is 0 Å². The van der Waals surface area contributed by atoms with Gasteiger partial charge in [-0.1, -0.05) is 219 Å². The van der Waals surface area contributed by atoms with Crippen molar-refractivity contribution in [2.75, 3.05) is 19.8 Å². The fourth-order valence-corrected chi connectivity index (χ4v) is 8.15. The number of hydrogen-bond acceptors (Lipinski definition) is 7. The van der Waals surface area contributed by atoms with Crippen molar-refractivity contribution < 1.29 is 37.6 Å². The van der Waals surface area contributed by atoms with Crippen molar-refractivity contribution in [1.29, 1.82) is 0 Å². The third-order valence-corrected chi connectivity index (χ3v) is 12.1. The Morgan fingerprint density at radius 3 is 1.14 bits per heavy atom. The summed E-state index contributed by atoms with van der Waals surface area (Å²) in [7, 11) is -4.28. The molecule has 58 heavy (non-hydrogen) atoms. The van der Waals surface area contributed by atoms with Crippen LogP contribution in [0.4, 0.5) is 0 Å². The lowest BCUT2D eigenvalue weighted by molar-refractivity contribution is -0.161. The molecule has 0 aromatic rings. The van der Waals surface area contributed by atoms with Gasteiger partial charge in [-0.3, -0.25) is 18.6 Å². The van der Waals surface area contributed by atoms with Crippen LogP contribution in [0.2, 0.25) is 0 Å². The Balaban J connectivity index is 3.95. The molecule has 0 spiro atoms. The Labute approximate surface area is 359 Å². The van der Waals surface area contributed by atoms with Gasteiger partial charge in [0.1, 0.15) is 6.61 Å². The number of phosphoric ester groups is 1. The molecule has 2 atom stereocenters. The Hall–Kier alpha value is -1.21. The number of carbonyl (C=O) groups excluding carboxylic acids is 2. The average molecular weight is 843 g/mol. The topological polar surface area (TPSA) is 108 Å². The smallest absolute Gasteiger partial charge is 0.462 e. The molecule has 0 aliphatic heterocycles. The highest BCUT2D eigenvalue weighted by Gasteiger charge is 2.25. The molecule has 9 heteroatoms. The van der Waals surface area contributed by atoms with Gasteiger partial charge >= 0.3 is 19.8 Å². The molecule has 0 saturated heterocycles. The van der Waals surface area contributed by atoms with Gasteiger partial charge in [-0.05, 0) is 45.4 Å². The number of hydrogen-bond donors (Lipinski definition) is 1. The quantitative estimate of drug-likeness (QED) is 0.0279. The largest absolute Gasteiger partial charge is 0.472 e. The number of unbranched alkanes of at least 4 members (excludes halogenated alkanes) is 33. The molecule has 0 amide bonds. The first-order chi connectivity index (χ1) is 28.3. The predicted octanol–water partition coefficient (Wildman–Crippen LogP) is 16.0. The molecule has 0 heterocycles. The van der Waals surface area contributed by atoms with Crippen molar-refractivity contribution in [2.24, 2.45) is 0 Å². The number of phosphoric acid groups is 1. The molecule has 0 aromatic carbocycles. The molecular formula is C49H95O8P. The van der Waals surface area contributed by atoms with Crippen LogP contribution in [0.25, 0.3) is 0 Å². The minimum atomic E-state index is -4.28. The number of carbonyl (C=O) groups is 2. The van der Waals surface area contributed by atoms with E-state index in [0.29, 0.717) is 12.8 Å². The van der Waals surface area contributed by atoms with E-state index in [2.05, 4.69) is 26.0 Å². The molecule has 0 aliphatic carbocycles. The Morgan fingerprint density at radius 2 is 0.776 bits per heavy atom. The van der Waals surface area contributed by atoms with Gasteiger partial charge in [-0.25, -0.2) is 4.57 Å². The molecule has 8 nitrogen and oxygen atoms in total. The standard InChI is InChI=1S/C49H95O8P/c1-4-7-9-11-13-15-17-19-21-23-24-25-26-28-29-31-33-35-37-39-41-43-48(50)54-45-47(46-56-58(52,53)55-6-3)57-49(51)44-42-40-38-36-34-32-30-27-22-20-18-16-14-12-10-8-5-2/h20,22,47H,4-19,21,23-46H2,1-3H3,(H,52,53)/b22-20-. The van der Waals surface area contributed by atoms with E-state index in [-0.39, 0.29) is 32.2 Å². The highest BCUT2D eigenvalue weighted by Crippen LogP contribution is 2.43. The summed E-state index contributed by atoms with van der Waals surface area (Å²) in [5, 5.41) is 0. The van der Waals surface area contributed by atoms with Crippen LogP contribution >= 0.6 is 7.82 Å². The van der Waals surface area contributed by atoms with Gasteiger partial charge in [-0.15, -0.1) is 0 Å². The van der Waals surface area contributed by atoms with Gasteiger partial charge in [0.15, 0.2) is 6.10 Å². The van der Waals surface area contributed by atoms with Crippen molar-refractivity contribution in [3.63, 3.8) is 0 Å². The molecule has 0 radical (unpaired) electrons. The van der Waals surface area contributed by atoms with E-state index >= 15 is 0 Å². The second kappa shape index (κ2) is 45.3. The van der Waals surface area contributed by atoms with E-state index in [1.165, 1.54) is 180 Å². The zero-order valence-corrected chi connectivity index (χ0v) is 39.4. The predicted molar refractivity (Wildman–Crippen MR) is 244 cm³/mol. The summed E-state index contributed by atoms with van der Waals surface area (Å²) in [4.78, 5) is 34.9.